The van der Waals surface area contributed by atoms with E-state index in [2.05, 4.69) is 15.6 Å². The van der Waals surface area contributed by atoms with Crippen LogP contribution in [0, 0.1) is 0 Å². The lowest BCUT2D eigenvalue weighted by Crippen LogP contribution is -2.39. The van der Waals surface area contributed by atoms with Crippen LogP contribution >= 0.6 is 0 Å². The Balaban J connectivity index is 2.13. The molecule has 0 saturated heterocycles. The molecule has 0 aromatic heterocycles. The number of aryl methyl sites for hydroxylation is 1. The Kier molecular flexibility index (Phi) is 8.22. The normalized spacial score (nSPS) is 11.4. The van der Waals surface area contributed by atoms with Gasteiger partial charge in [0.15, 0.2) is 5.96 Å². The molecule has 5 nitrogen and oxygen atoms in total. The van der Waals surface area contributed by atoms with Crippen LogP contribution in [0.15, 0.2) is 29.3 Å². The predicted molar refractivity (Wildman–Crippen MR) is 82.3 cm³/mol. The van der Waals surface area contributed by atoms with Crippen LogP contribution in [0.4, 0.5) is 0 Å². The van der Waals surface area contributed by atoms with E-state index in [-0.39, 0.29) is 0 Å². The quantitative estimate of drug-likeness (QED) is 0.383. The lowest BCUT2D eigenvalue weighted by molar-refractivity contribution is 0.152. The minimum Gasteiger partial charge on any atom is -0.508 e. The van der Waals surface area contributed by atoms with Crippen LogP contribution in [0.3, 0.4) is 0 Å². The summed E-state index contributed by atoms with van der Waals surface area (Å²) in [5.41, 5.74) is 1.23. The number of nitrogens with zero attached hydrogens (tertiary/aromatic N) is 1. The lowest BCUT2D eigenvalue weighted by atomic mass is 10.1. The molecule has 3 N–H and O–H groups in total. The maximum absolute atomic E-state index is 9.21. The highest BCUT2D eigenvalue weighted by atomic mass is 16.5. The van der Waals surface area contributed by atoms with Crippen LogP contribution in [0.25, 0.3) is 0 Å². The minimum atomic E-state index is 0.311. The van der Waals surface area contributed by atoms with Crippen LogP contribution in [-0.2, 0) is 11.2 Å². The third-order valence-corrected chi connectivity index (χ3v) is 2.84. The van der Waals surface area contributed by atoms with Crippen molar-refractivity contribution in [1.29, 1.82) is 0 Å². The van der Waals surface area contributed by atoms with Gasteiger partial charge in [0.05, 0.1) is 6.61 Å². The van der Waals surface area contributed by atoms with Gasteiger partial charge in [-0.15, -0.1) is 0 Å². The number of nitrogens with one attached hydrogen (secondary N) is 2. The Morgan fingerprint density at radius 3 is 2.55 bits per heavy atom. The molecule has 0 unspecified atom stereocenters. The Bertz CT molecular complexity index is 391. The molecule has 1 aromatic carbocycles. The molecule has 0 bridgehead atoms. The van der Waals surface area contributed by atoms with Crippen molar-refractivity contribution >= 4 is 5.96 Å². The second kappa shape index (κ2) is 10.1. The molecule has 0 radical (unpaired) electrons. The molecule has 0 saturated carbocycles. The number of phenols is 1. The van der Waals surface area contributed by atoms with Crippen LogP contribution in [0.5, 0.6) is 5.75 Å². The topological polar surface area (TPSA) is 65.9 Å². The van der Waals surface area contributed by atoms with Gasteiger partial charge < -0.3 is 20.5 Å². The Morgan fingerprint density at radius 2 is 1.90 bits per heavy atom. The van der Waals surface area contributed by atoms with Gasteiger partial charge in [-0.2, -0.15) is 0 Å². The van der Waals surface area contributed by atoms with Crippen molar-refractivity contribution in [2.45, 2.75) is 19.8 Å². The molecule has 1 aromatic rings. The molecule has 5 heteroatoms. The average Bonchev–Trinajstić information content (AvgIpc) is 2.47. The summed E-state index contributed by atoms with van der Waals surface area (Å²) < 4.78 is 5.26. The van der Waals surface area contributed by atoms with E-state index in [9.17, 15) is 5.11 Å². The lowest BCUT2D eigenvalue weighted by Gasteiger charge is -2.11. The molecule has 0 aliphatic heterocycles. The van der Waals surface area contributed by atoms with Gasteiger partial charge in [-0.3, -0.25) is 4.99 Å². The molecule has 0 atom stereocenters. The summed E-state index contributed by atoms with van der Waals surface area (Å²) in [5.74, 6) is 1.11. The average molecular weight is 279 g/mol. The Labute approximate surface area is 121 Å². The van der Waals surface area contributed by atoms with Crippen LogP contribution < -0.4 is 10.6 Å². The summed E-state index contributed by atoms with van der Waals surface area (Å²) in [6.07, 6.45) is 1.99. The van der Waals surface area contributed by atoms with Gasteiger partial charge in [-0.05, 0) is 37.5 Å². The van der Waals surface area contributed by atoms with Gasteiger partial charge in [0.25, 0.3) is 0 Å². The third-order valence-electron chi connectivity index (χ3n) is 2.84. The summed E-state index contributed by atoms with van der Waals surface area (Å²) >= 11 is 0. The maximum atomic E-state index is 9.21. The van der Waals surface area contributed by atoms with Gasteiger partial charge in [-0.1, -0.05) is 12.1 Å². The summed E-state index contributed by atoms with van der Waals surface area (Å²) in [6.45, 7) is 5.02. The van der Waals surface area contributed by atoms with Crippen molar-refractivity contribution in [1.82, 2.24) is 10.6 Å². The zero-order valence-electron chi connectivity index (χ0n) is 12.4. The second-order valence-corrected chi connectivity index (χ2v) is 4.39. The summed E-state index contributed by atoms with van der Waals surface area (Å²) in [5, 5.41) is 15.7. The molecular formula is C15H25N3O2. The molecule has 1 rings (SSSR count). The van der Waals surface area contributed by atoms with Crippen LogP contribution in [-0.4, -0.2) is 44.4 Å². The number of rotatable bonds is 8. The second-order valence-electron chi connectivity index (χ2n) is 4.39. The largest absolute Gasteiger partial charge is 0.508 e. The smallest absolute Gasteiger partial charge is 0.191 e. The Hall–Kier alpha value is -1.75. The number of hydrogen-bond acceptors (Lipinski definition) is 3. The van der Waals surface area contributed by atoms with Gasteiger partial charge in [0.1, 0.15) is 5.75 Å². The molecule has 0 heterocycles. The number of hydrogen-bond donors (Lipinski definition) is 3. The van der Waals surface area contributed by atoms with Crippen molar-refractivity contribution in [3.8, 4) is 5.75 Å². The highest BCUT2D eigenvalue weighted by Crippen LogP contribution is 2.10. The zero-order valence-corrected chi connectivity index (χ0v) is 12.4. The number of aliphatic imine (C=N–C) groups is 1. The number of phenolic OH excluding ortho intramolecular Hbond substituents is 1. The SMILES string of the molecule is CCOCCNC(=NC)NCCCc1ccc(O)cc1. The van der Waals surface area contributed by atoms with E-state index >= 15 is 0 Å². The van der Waals surface area contributed by atoms with Gasteiger partial charge in [0.2, 0.25) is 0 Å². The fourth-order valence-corrected chi connectivity index (χ4v) is 1.77. The van der Waals surface area contributed by atoms with E-state index in [1.807, 2.05) is 19.1 Å². The van der Waals surface area contributed by atoms with E-state index in [0.717, 1.165) is 38.5 Å². The number of ether oxygens (including phenoxy) is 1. The van der Waals surface area contributed by atoms with Crippen molar-refractivity contribution in [3.63, 3.8) is 0 Å². The molecular weight excluding hydrogens is 254 g/mol. The van der Waals surface area contributed by atoms with E-state index < -0.39 is 0 Å². The highest BCUT2D eigenvalue weighted by Gasteiger charge is 1.97. The predicted octanol–water partition coefficient (Wildman–Crippen LogP) is 1.53. The fraction of sp³-hybridized carbons (Fsp3) is 0.533. The third kappa shape index (κ3) is 6.99. The molecule has 0 spiro atoms. The van der Waals surface area contributed by atoms with Crippen LogP contribution in [0.1, 0.15) is 18.9 Å². The Morgan fingerprint density at radius 1 is 1.20 bits per heavy atom. The standard InChI is InChI=1S/C15H25N3O2/c1-3-20-12-11-18-15(16-2)17-10-4-5-13-6-8-14(19)9-7-13/h6-9,19H,3-5,10-12H2,1-2H3,(H2,16,17,18). The first-order valence-electron chi connectivity index (χ1n) is 7.06. The molecule has 0 amide bonds. The minimum absolute atomic E-state index is 0.311. The van der Waals surface area contributed by atoms with E-state index in [1.165, 1.54) is 5.56 Å². The number of benzene rings is 1. The first-order valence-corrected chi connectivity index (χ1v) is 7.06. The highest BCUT2D eigenvalue weighted by molar-refractivity contribution is 5.79. The summed E-state index contributed by atoms with van der Waals surface area (Å²) in [7, 11) is 1.76. The maximum Gasteiger partial charge on any atom is 0.191 e. The van der Waals surface area contributed by atoms with Gasteiger partial charge >= 0.3 is 0 Å². The molecule has 0 aliphatic carbocycles. The molecule has 0 fully saturated rings. The van der Waals surface area contributed by atoms with E-state index in [4.69, 9.17) is 4.74 Å². The van der Waals surface area contributed by atoms with Crippen LogP contribution in [0.2, 0.25) is 0 Å². The number of aromatic hydroxyl groups is 1. The summed E-state index contributed by atoms with van der Waals surface area (Å²) in [6, 6.07) is 7.34. The molecule has 20 heavy (non-hydrogen) atoms. The van der Waals surface area contributed by atoms with Crippen molar-refractivity contribution < 1.29 is 9.84 Å². The van der Waals surface area contributed by atoms with Crippen molar-refractivity contribution in [2.75, 3.05) is 33.4 Å². The van der Waals surface area contributed by atoms with Crippen molar-refractivity contribution in [3.05, 3.63) is 29.8 Å². The first-order chi connectivity index (χ1) is 9.76. The number of guanidine groups is 1. The zero-order chi connectivity index (χ0) is 14.6. The van der Waals surface area contributed by atoms with Gasteiger partial charge in [-0.25, -0.2) is 0 Å². The fourth-order valence-electron chi connectivity index (χ4n) is 1.77. The van der Waals surface area contributed by atoms with E-state index in [0.29, 0.717) is 12.4 Å². The van der Waals surface area contributed by atoms with Crippen molar-refractivity contribution in [2.24, 2.45) is 4.99 Å². The molecule has 112 valence electrons. The summed E-state index contributed by atoms with van der Waals surface area (Å²) in [4.78, 5) is 4.15. The van der Waals surface area contributed by atoms with Gasteiger partial charge in [0, 0.05) is 26.7 Å². The molecule has 0 aliphatic rings. The monoisotopic (exact) mass is 279 g/mol. The first kappa shape index (κ1) is 16.3. The van der Waals surface area contributed by atoms with E-state index in [1.54, 1.807) is 19.2 Å².